The van der Waals surface area contributed by atoms with Gasteiger partial charge in [-0.25, -0.2) is 0 Å². The number of para-hydroxylation sites is 1. The van der Waals surface area contributed by atoms with Crippen LogP contribution in [0.25, 0.3) is 0 Å². The van der Waals surface area contributed by atoms with Crippen molar-refractivity contribution in [1.29, 1.82) is 0 Å². The van der Waals surface area contributed by atoms with E-state index < -0.39 is 11.0 Å². The summed E-state index contributed by atoms with van der Waals surface area (Å²) in [6, 6.07) is 6.11. The highest BCUT2D eigenvalue weighted by Crippen LogP contribution is 2.33. The number of aryl methyl sites for hydroxylation is 1. The van der Waals surface area contributed by atoms with Crippen LogP contribution in [-0.4, -0.2) is 11.4 Å². The lowest BCUT2D eigenvalue weighted by Crippen LogP contribution is -2.53. The standard InChI is InChI=1S/C17H28N2O/c1-11(2)13-10-8-9-12(3)14(13)19-15(20)16(4,5)17(6,7)18/h8-11H,18H2,1-7H3,(H,19,20). The SMILES string of the molecule is Cc1cccc(C(C)C)c1NC(=O)C(C)(C)C(C)(C)N. The normalized spacial score (nSPS) is 12.7. The summed E-state index contributed by atoms with van der Waals surface area (Å²) in [5.41, 5.74) is 8.06. The molecule has 3 nitrogen and oxygen atoms in total. The van der Waals surface area contributed by atoms with Crippen LogP contribution in [0.1, 0.15) is 58.6 Å². The van der Waals surface area contributed by atoms with Gasteiger partial charge in [0, 0.05) is 11.2 Å². The van der Waals surface area contributed by atoms with E-state index in [9.17, 15) is 4.79 Å². The molecule has 112 valence electrons. The maximum atomic E-state index is 12.6. The Morgan fingerprint density at radius 2 is 1.75 bits per heavy atom. The van der Waals surface area contributed by atoms with Crippen LogP contribution < -0.4 is 11.1 Å². The third kappa shape index (κ3) is 3.21. The molecule has 0 heterocycles. The molecule has 20 heavy (non-hydrogen) atoms. The molecule has 0 aromatic heterocycles. The lowest BCUT2D eigenvalue weighted by atomic mass is 9.74. The average Bonchev–Trinajstić information content (AvgIpc) is 2.29. The Kier molecular flexibility index (Phi) is 4.65. The number of benzene rings is 1. The summed E-state index contributed by atoms with van der Waals surface area (Å²) < 4.78 is 0. The predicted octanol–water partition coefficient (Wildman–Crippen LogP) is 3.82. The minimum absolute atomic E-state index is 0.0406. The monoisotopic (exact) mass is 276 g/mol. The van der Waals surface area contributed by atoms with Gasteiger partial charge in [-0.2, -0.15) is 0 Å². The van der Waals surface area contributed by atoms with Gasteiger partial charge < -0.3 is 11.1 Å². The molecule has 0 atom stereocenters. The Morgan fingerprint density at radius 3 is 2.20 bits per heavy atom. The lowest BCUT2D eigenvalue weighted by molar-refractivity contribution is -0.126. The van der Waals surface area contributed by atoms with Crippen LogP contribution in [0.4, 0.5) is 5.69 Å². The Hall–Kier alpha value is -1.35. The summed E-state index contributed by atoms with van der Waals surface area (Å²) in [5, 5.41) is 3.09. The highest BCUT2D eigenvalue weighted by Gasteiger charge is 2.40. The smallest absolute Gasteiger partial charge is 0.231 e. The first-order valence-electron chi connectivity index (χ1n) is 7.18. The van der Waals surface area contributed by atoms with Crippen LogP contribution in [-0.2, 0) is 4.79 Å². The third-order valence-electron chi connectivity index (χ3n) is 4.34. The van der Waals surface area contributed by atoms with E-state index in [1.807, 2.05) is 46.8 Å². The van der Waals surface area contributed by atoms with E-state index in [2.05, 4.69) is 25.2 Å². The molecular formula is C17H28N2O. The molecule has 0 unspecified atom stereocenters. The number of nitrogens with two attached hydrogens (primary N) is 1. The molecular weight excluding hydrogens is 248 g/mol. The molecule has 0 fully saturated rings. The fourth-order valence-electron chi connectivity index (χ4n) is 1.90. The van der Waals surface area contributed by atoms with E-state index in [0.29, 0.717) is 5.92 Å². The van der Waals surface area contributed by atoms with Crippen LogP contribution in [0, 0.1) is 12.3 Å². The molecule has 0 radical (unpaired) electrons. The highest BCUT2D eigenvalue weighted by atomic mass is 16.2. The first-order chi connectivity index (χ1) is 8.98. The van der Waals surface area contributed by atoms with Crippen molar-refractivity contribution in [3.8, 4) is 0 Å². The molecule has 0 bridgehead atoms. The fourth-order valence-corrected chi connectivity index (χ4v) is 1.90. The summed E-state index contributed by atoms with van der Waals surface area (Å²) in [7, 11) is 0. The quantitative estimate of drug-likeness (QED) is 0.878. The second kappa shape index (κ2) is 5.57. The van der Waals surface area contributed by atoms with Crippen LogP contribution in [0.2, 0.25) is 0 Å². The van der Waals surface area contributed by atoms with Gasteiger partial charge in [0.1, 0.15) is 0 Å². The number of carbonyl (C=O) groups is 1. The molecule has 1 rings (SSSR count). The molecule has 1 aromatic rings. The second-order valence-corrected chi connectivity index (χ2v) is 6.99. The zero-order valence-corrected chi connectivity index (χ0v) is 13.8. The largest absolute Gasteiger partial charge is 0.325 e. The highest BCUT2D eigenvalue weighted by molar-refractivity contribution is 5.97. The Morgan fingerprint density at radius 1 is 1.20 bits per heavy atom. The zero-order valence-electron chi connectivity index (χ0n) is 13.8. The van der Waals surface area contributed by atoms with Crippen molar-refractivity contribution in [1.82, 2.24) is 0 Å². The molecule has 0 aliphatic carbocycles. The summed E-state index contributed by atoms with van der Waals surface area (Å²) in [4.78, 5) is 12.6. The Labute approximate surface area is 122 Å². The Balaban J connectivity index is 3.15. The first kappa shape index (κ1) is 16.7. The van der Waals surface area contributed by atoms with Crippen molar-refractivity contribution >= 4 is 11.6 Å². The van der Waals surface area contributed by atoms with Gasteiger partial charge in [-0.05, 0) is 51.7 Å². The molecule has 0 spiro atoms. The molecule has 3 heteroatoms. The maximum Gasteiger partial charge on any atom is 0.231 e. The van der Waals surface area contributed by atoms with Crippen molar-refractivity contribution in [3.63, 3.8) is 0 Å². The maximum absolute atomic E-state index is 12.6. The molecule has 1 amide bonds. The summed E-state index contributed by atoms with van der Waals surface area (Å²) >= 11 is 0. The van der Waals surface area contributed by atoms with Crippen LogP contribution in [0.5, 0.6) is 0 Å². The van der Waals surface area contributed by atoms with Crippen molar-refractivity contribution in [3.05, 3.63) is 29.3 Å². The number of anilines is 1. The average molecular weight is 276 g/mol. The summed E-state index contributed by atoms with van der Waals surface area (Å²) in [6.07, 6.45) is 0. The van der Waals surface area contributed by atoms with Gasteiger partial charge in [-0.3, -0.25) is 4.79 Å². The minimum Gasteiger partial charge on any atom is -0.325 e. The molecule has 0 aliphatic heterocycles. The van der Waals surface area contributed by atoms with Crippen LogP contribution in [0.15, 0.2) is 18.2 Å². The Bertz CT molecular complexity index is 496. The molecule has 3 N–H and O–H groups in total. The third-order valence-corrected chi connectivity index (χ3v) is 4.34. The molecule has 0 aliphatic rings. The number of amides is 1. The van der Waals surface area contributed by atoms with Gasteiger partial charge in [0.2, 0.25) is 5.91 Å². The van der Waals surface area contributed by atoms with Gasteiger partial charge in [0.25, 0.3) is 0 Å². The molecule has 0 saturated heterocycles. The fraction of sp³-hybridized carbons (Fsp3) is 0.588. The van der Waals surface area contributed by atoms with Crippen molar-refractivity contribution in [2.75, 3.05) is 5.32 Å². The van der Waals surface area contributed by atoms with Gasteiger partial charge in [-0.1, -0.05) is 32.0 Å². The zero-order chi connectivity index (χ0) is 15.7. The summed E-state index contributed by atoms with van der Waals surface area (Å²) in [6.45, 7) is 13.8. The van der Waals surface area contributed by atoms with Crippen LogP contribution in [0.3, 0.4) is 0 Å². The van der Waals surface area contributed by atoms with E-state index in [4.69, 9.17) is 5.73 Å². The number of hydrogen-bond donors (Lipinski definition) is 2. The van der Waals surface area contributed by atoms with Crippen molar-refractivity contribution < 1.29 is 4.79 Å². The van der Waals surface area contributed by atoms with Gasteiger partial charge >= 0.3 is 0 Å². The van der Waals surface area contributed by atoms with E-state index >= 15 is 0 Å². The number of rotatable bonds is 4. The van der Waals surface area contributed by atoms with E-state index in [1.165, 1.54) is 0 Å². The second-order valence-electron chi connectivity index (χ2n) is 6.99. The molecule has 0 saturated carbocycles. The predicted molar refractivity (Wildman–Crippen MR) is 85.9 cm³/mol. The number of nitrogens with one attached hydrogen (secondary N) is 1. The molecule has 1 aromatic carbocycles. The van der Waals surface area contributed by atoms with E-state index in [1.54, 1.807) is 0 Å². The van der Waals surface area contributed by atoms with Crippen LogP contribution >= 0.6 is 0 Å². The van der Waals surface area contributed by atoms with E-state index in [0.717, 1.165) is 16.8 Å². The van der Waals surface area contributed by atoms with Crippen molar-refractivity contribution in [2.45, 2.75) is 59.9 Å². The lowest BCUT2D eigenvalue weighted by Gasteiger charge is -2.37. The summed E-state index contributed by atoms with van der Waals surface area (Å²) in [5.74, 6) is 0.320. The van der Waals surface area contributed by atoms with Crippen molar-refractivity contribution in [2.24, 2.45) is 11.1 Å². The van der Waals surface area contributed by atoms with E-state index in [-0.39, 0.29) is 5.91 Å². The number of carbonyl (C=O) groups excluding carboxylic acids is 1. The number of hydrogen-bond acceptors (Lipinski definition) is 2. The topological polar surface area (TPSA) is 55.1 Å². The minimum atomic E-state index is -0.649. The van der Waals surface area contributed by atoms with Gasteiger partial charge in [0.05, 0.1) is 5.41 Å². The van der Waals surface area contributed by atoms with Gasteiger partial charge in [0.15, 0.2) is 0 Å². The first-order valence-corrected chi connectivity index (χ1v) is 7.18. The van der Waals surface area contributed by atoms with Gasteiger partial charge in [-0.15, -0.1) is 0 Å².